The van der Waals surface area contributed by atoms with E-state index in [1.165, 1.54) is 0 Å². The number of hydrogen-bond acceptors (Lipinski definition) is 4. The van der Waals surface area contributed by atoms with E-state index in [0.29, 0.717) is 16.9 Å². The number of nitrogen functional groups attached to an aromatic ring is 1. The third kappa shape index (κ3) is 4.49. The average Bonchev–Trinajstić information content (AvgIpc) is 2.43. The standard InChI is InChI=1S/C15H23ClN4O/c1-9(2)19-15(21)10-3-5-11(6-4-10)20-13-7-14(16)18-8-12(13)17/h7-11H,3-6,17H2,1-2H3,(H,18,20)(H,19,21)/t10-,11+. The van der Waals surface area contributed by atoms with Crippen LogP contribution in [0.2, 0.25) is 5.15 Å². The zero-order valence-corrected chi connectivity index (χ0v) is 13.3. The lowest BCUT2D eigenvalue weighted by Gasteiger charge is -2.29. The number of nitrogens with two attached hydrogens (primary N) is 1. The van der Waals surface area contributed by atoms with E-state index >= 15 is 0 Å². The van der Waals surface area contributed by atoms with Gasteiger partial charge in [0.15, 0.2) is 0 Å². The monoisotopic (exact) mass is 310 g/mol. The van der Waals surface area contributed by atoms with Crippen molar-refractivity contribution in [3.05, 3.63) is 17.4 Å². The van der Waals surface area contributed by atoms with Crippen LogP contribution < -0.4 is 16.4 Å². The van der Waals surface area contributed by atoms with E-state index in [1.807, 2.05) is 13.8 Å². The summed E-state index contributed by atoms with van der Waals surface area (Å²) < 4.78 is 0. The molecule has 0 radical (unpaired) electrons. The van der Waals surface area contributed by atoms with Crippen LogP contribution in [0.3, 0.4) is 0 Å². The average molecular weight is 311 g/mol. The number of anilines is 2. The van der Waals surface area contributed by atoms with Gasteiger partial charge in [-0.2, -0.15) is 0 Å². The first kappa shape index (κ1) is 15.9. The van der Waals surface area contributed by atoms with E-state index in [2.05, 4.69) is 15.6 Å². The molecule has 5 nitrogen and oxygen atoms in total. The first-order valence-corrected chi connectivity index (χ1v) is 7.81. The van der Waals surface area contributed by atoms with Gasteiger partial charge in [0.05, 0.1) is 17.6 Å². The van der Waals surface area contributed by atoms with Crippen LogP contribution in [0.4, 0.5) is 11.4 Å². The zero-order valence-electron chi connectivity index (χ0n) is 12.5. The maximum atomic E-state index is 12.0. The Morgan fingerprint density at radius 3 is 2.67 bits per heavy atom. The maximum absolute atomic E-state index is 12.0. The smallest absolute Gasteiger partial charge is 0.223 e. The number of aromatic nitrogens is 1. The molecule has 21 heavy (non-hydrogen) atoms. The third-order valence-electron chi connectivity index (χ3n) is 3.79. The Labute approximate surface area is 130 Å². The fourth-order valence-electron chi connectivity index (χ4n) is 2.69. The summed E-state index contributed by atoms with van der Waals surface area (Å²) in [4.78, 5) is 15.9. The number of hydrogen-bond donors (Lipinski definition) is 3. The van der Waals surface area contributed by atoms with Gasteiger partial charge in [-0.25, -0.2) is 4.98 Å². The van der Waals surface area contributed by atoms with Crippen LogP contribution in [0.1, 0.15) is 39.5 Å². The number of halogens is 1. The zero-order chi connectivity index (χ0) is 15.4. The number of pyridine rings is 1. The second-order valence-electron chi connectivity index (χ2n) is 5.95. The highest BCUT2D eigenvalue weighted by Gasteiger charge is 2.26. The van der Waals surface area contributed by atoms with Gasteiger partial charge in [0.1, 0.15) is 5.15 Å². The number of nitrogens with zero attached hydrogens (tertiary/aromatic N) is 1. The van der Waals surface area contributed by atoms with Gasteiger partial charge >= 0.3 is 0 Å². The molecule has 4 N–H and O–H groups in total. The Morgan fingerprint density at radius 2 is 2.05 bits per heavy atom. The summed E-state index contributed by atoms with van der Waals surface area (Å²) in [7, 11) is 0. The molecule has 1 aromatic rings. The molecule has 0 saturated heterocycles. The highest BCUT2D eigenvalue weighted by Crippen LogP contribution is 2.29. The van der Waals surface area contributed by atoms with E-state index < -0.39 is 0 Å². The fraction of sp³-hybridized carbons (Fsp3) is 0.600. The van der Waals surface area contributed by atoms with Crippen molar-refractivity contribution in [2.24, 2.45) is 5.92 Å². The van der Waals surface area contributed by atoms with Gasteiger partial charge in [0.2, 0.25) is 5.91 Å². The van der Waals surface area contributed by atoms with Gasteiger partial charge in [0.25, 0.3) is 0 Å². The van der Waals surface area contributed by atoms with Crippen LogP contribution in [0, 0.1) is 5.92 Å². The molecule has 1 saturated carbocycles. The second kappa shape index (κ2) is 6.98. The van der Waals surface area contributed by atoms with E-state index in [1.54, 1.807) is 12.3 Å². The van der Waals surface area contributed by atoms with Gasteiger partial charge in [-0.3, -0.25) is 4.79 Å². The van der Waals surface area contributed by atoms with Crippen molar-refractivity contribution in [2.75, 3.05) is 11.1 Å². The molecule has 0 spiro atoms. The predicted octanol–water partition coefficient (Wildman–Crippen LogP) is 2.81. The number of rotatable bonds is 4. The first-order valence-electron chi connectivity index (χ1n) is 7.43. The molecule has 116 valence electrons. The first-order chi connectivity index (χ1) is 9.95. The molecule has 6 heteroatoms. The topological polar surface area (TPSA) is 80.0 Å². The van der Waals surface area contributed by atoms with Crippen LogP contribution >= 0.6 is 11.6 Å². The van der Waals surface area contributed by atoms with Crippen LogP contribution in [-0.4, -0.2) is 23.0 Å². The fourth-order valence-corrected chi connectivity index (χ4v) is 2.85. The molecule has 1 heterocycles. The van der Waals surface area contributed by atoms with Crippen molar-refractivity contribution in [2.45, 2.75) is 51.6 Å². The number of carbonyl (C=O) groups excluding carboxylic acids is 1. The summed E-state index contributed by atoms with van der Waals surface area (Å²) in [5, 5.41) is 6.83. The SMILES string of the molecule is CC(C)NC(=O)[C@H]1CC[C@@H](Nc2cc(Cl)ncc2N)CC1. The van der Waals surface area contributed by atoms with Crippen LogP contribution in [-0.2, 0) is 4.79 Å². The van der Waals surface area contributed by atoms with Crippen molar-refractivity contribution in [3.8, 4) is 0 Å². The van der Waals surface area contributed by atoms with Crippen LogP contribution in [0.5, 0.6) is 0 Å². The van der Waals surface area contributed by atoms with Gasteiger partial charge < -0.3 is 16.4 Å². The van der Waals surface area contributed by atoms with Gasteiger partial charge in [-0.15, -0.1) is 0 Å². The molecule has 1 aliphatic carbocycles. The largest absolute Gasteiger partial charge is 0.396 e. The maximum Gasteiger partial charge on any atom is 0.223 e. The van der Waals surface area contributed by atoms with Crippen molar-refractivity contribution in [1.82, 2.24) is 10.3 Å². The molecule has 2 rings (SSSR count). The lowest BCUT2D eigenvalue weighted by molar-refractivity contribution is -0.126. The number of nitrogens with one attached hydrogen (secondary N) is 2. The van der Waals surface area contributed by atoms with E-state index in [0.717, 1.165) is 31.4 Å². The Kier molecular flexibility index (Phi) is 5.28. The number of amides is 1. The lowest BCUT2D eigenvalue weighted by Crippen LogP contribution is -2.38. The van der Waals surface area contributed by atoms with Crippen LogP contribution in [0.15, 0.2) is 12.3 Å². The highest BCUT2D eigenvalue weighted by molar-refractivity contribution is 6.29. The molecule has 1 amide bonds. The molecule has 1 aromatic heterocycles. The quantitative estimate of drug-likeness (QED) is 0.747. The summed E-state index contributed by atoms with van der Waals surface area (Å²) in [6, 6.07) is 2.27. The minimum atomic E-state index is 0.129. The van der Waals surface area contributed by atoms with Gasteiger partial charge in [-0.05, 0) is 39.5 Å². The summed E-state index contributed by atoms with van der Waals surface area (Å²) >= 11 is 5.89. The molecule has 0 bridgehead atoms. The Bertz CT molecular complexity index is 498. The van der Waals surface area contributed by atoms with E-state index in [9.17, 15) is 4.79 Å². The third-order valence-corrected chi connectivity index (χ3v) is 4.00. The van der Waals surface area contributed by atoms with Crippen molar-refractivity contribution < 1.29 is 4.79 Å². The summed E-state index contributed by atoms with van der Waals surface area (Å²) in [6.07, 6.45) is 5.27. The molecular formula is C15H23ClN4O. The van der Waals surface area contributed by atoms with Crippen molar-refractivity contribution in [3.63, 3.8) is 0 Å². The van der Waals surface area contributed by atoms with Crippen molar-refractivity contribution in [1.29, 1.82) is 0 Å². The summed E-state index contributed by atoms with van der Waals surface area (Å²) in [6.45, 7) is 3.97. The minimum absolute atomic E-state index is 0.129. The van der Waals surface area contributed by atoms with E-state index in [4.69, 9.17) is 17.3 Å². The van der Waals surface area contributed by atoms with Crippen molar-refractivity contribution >= 4 is 28.9 Å². The normalized spacial score (nSPS) is 22.1. The second-order valence-corrected chi connectivity index (χ2v) is 6.34. The summed E-state index contributed by atoms with van der Waals surface area (Å²) in [5.41, 5.74) is 7.31. The minimum Gasteiger partial charge on any atom is -0.396 e. The Balaban J connectivity index is 1.87. The molecule has 1 fully saturated rings. The van der Waals surface area contributed by atoms with E-state index in [-0.39, 0.29) is 17.9 Å². The molecule has 0 aliphatic heterocycles. The lowest BCUT2D eigenvalue weighted by atomic mass is 9.85. The predicted molar refractivity (Wildman–Crippen MR) is 86.3 cm³/mol. The molecule has 1 aliphatic rings. The Morgan fingerprint density at radius 1 is 1.38 bits per heavy atom. The van der Waals surface area contributed by atoms with Gasteiger partial charge in [0, 0.05) is 24.1 Å². The summed E-state index contributed by atoms with van der Waals surface area (Å²) in [5.74, 6) is 0.304. The molecule has 0 aromatic carbocycles. The Hall–Kier alpha value is -1.49. The molecular weight excluding hydrogens is 288 g/mol. The molecule has 0 atom stereocenters. The van der Waals surface area contributed by atoms with Gasteiger partial charge in [-0.1, -0.05) is 11.6 Å². The highest BCUT2D eigenvalue weighted by atomic mass is 35.5. The van der Waals surface area contributed by atoms with Crippen LogP contribution in [0.25, 0.3) is 0 Å². The molecule has 0 unspecified atom stereocenters. The number of carbonyl (C=O) groups is 1.